The second-order valence-corrected chi connectivity index (χ2v) is 6.48. The second kappa shape index (κ2) is 8.90. The van der Waals surface area contributed by atoms with Crippen LogP contribution in [0.25, 0.3) is 0 Å². The Morgan fingerprint density at radius 1 is 1.24 bits per heavy atom. The zero-order valence-corrected chi connectivity index (χ0v) is 14.3. The van der Waals surface area contributed by atoms with E-state index in [1.807, 2.05) is 6.92 Å². The first-order valence-corrected chi connectivity index (χ1v) is 8.19. The lowest BCUT2D eigenvalue weighted by Gasteiger charge is -2.32. The third-order valence-corrected chi connectivity index (χ3v) is 4.27. The Balaban J connectivity index is 2.47. The number of nitrogens with one attached hydrogen (secondary N) is 2. The van der Waals surface area contributed by atoms with Gasteiger partial charge in [0.05, 0.1) is 0 Å². The molecule has 1 aliphatic carbocycles. The van der Waals surface area contributed by atoms with Crippen LogP contribution in [0.2, 0.25) is 0 Å². The van der Waals surface area contributed by atoms with Crippen molar-refractivity contribution < 1.29 is 4.79 Å². The number of rotatable bonds is 5. The topological polar surface area (TPSA) is 56.7 Å². The molecule has 0 aliphatic heterocycles. The minimum Gasteiger partial charge on any atom is -0.357 e. The van der Waals surface area contributed by atoms with Gasteiger partial charge < -0.3 is 15.5 Å². The number of hydrogen-bond donors (Lipinski definition) is 2. The number of nitrogens with zero attached hydrogens (tertiary/aromatic N) is 2. The van der Waals surface area contributed by atoms with Gasteiger partial charge in [0.2, 0.25) is 5.91 Å². The number of carbonyl (C=O) groups is 1. The Kier molecular flexibility index (Phi) is 7.54. The minimum absolute atomic E-state index is 0.0238. The van der Waals surface area contributed by atoms with Gasteiger partial charge in [-0.2, -0.15) is 0 Å². The van der Waals surface area contributed by atoms with Gasteiger partial charge in [-0.15, -0.1) is 0 Å². The summed E-state index contributed by atoms with van der Waals surface area (Å²) in [6, 6.07) is 0.479. The zero-order valence-electron chi connectivity index (χ0n) is 14.3. The van der Waals surface area contributed by atoms with Crippen molar-refractivity contribution in [3.63, 3.8) is 0 Å². The molecular weight excluding hydrogens is 264 g/mol. The van der Waals surface area contributed by atoms with Gasteiger partial charge in [0.25, 0.3) is 0 Å². The Labute approximate surface area is 129 Å². The van der Waals surface area contributed by atoms with Crippen LogP contribution in [0.4, 0.5) is 0 Å². The van der Waals surface area contributed by atoms with Gasteiger partial charge in [0.1, 0.15) is 6.54 Å². The zero-order chi connectivity index (χ0) is 15.8. The fourth-order valence-electron chi connectivity index (χ4n) is 2.73. The summed E-state index contributed by atoms with van der Waals surface area (Å²) in [5.74, 6) is 2.43. The monoisotopic (exact) mass is 296 g/mol. The largest absolute Gasteiger partial charge is 0.357 e. The first-order valence-electron chi connectivity index (χ1n) is 8.19. The maximum Gasteiger partial charge on any atom is 0.243 e. The van der Waals surface area contributed by atoms with Crippen LogP contribution >= 0.6 is 0 Å². The maximum absolute atomic E-state index is 11.6. The average molecular weight is 296 g/mol. The molecule has 0 saturated heterocycles. The lowest BCUT2D eigenvalue weighted by molar-refractivity contribution is -0.127. The van der Waals surface area contributed by atoms with E-state index >= 15 is 0 Å². The van der Waals surface area contributed by atoms with Crippen LogP contribution in [0.1, 0.15) is 46.5 Å². The molecule has 0 unspecified atom stereocenters. The number of likely N-dealkylation sites (N-methyl/N-ethyl adjacent to an activating group) is 1. The number of aliphatic imine (C=N–C) groups is 1. The molecular formula is C16H32N4O. The van der Waals surface area contributed by atoms with E-state index in [1.54, 1.807) is 19.0 Å². The van der Waals surface area contributed by atoms with Gasteiger partial charge in [-0.1, -0.05) is 13.8 Å². The molecule has 1 saturated carbocycles. The van der Waals surface area contributed by atoms with Crippen LogP contribution in [-0.4, -0.2) is 50.0 Å². The van der Waals surface area contributed by atoms with Crippen molar-refractivity contribution in [1.29, 1.82) is 0 Å². The Morgan fingerprint density at radius 3 is 2.33 bits per heavy atom. The molecule has 2 N–H and O–H groups in total. The van der Waals surface area contributed by atoms with Crippen molar-refractivity contribution in [2.24, 2.45) is 16.8 Å². The Hall–Kier alpha value is -1.26. The van der Waals surface area contributed by atoms with Crippen LogP contribution in [0, 0.1) is 11.8 Å². The molecule has 0 aromatic carbocycles. The van der Waals surface area contributed by atoms with Crippen LogP contribution in [0.3, 0.4) is 0 Å². The molecule has 1 amide bonds. The quantitative estimate of drug-likeness (QED) is 0.601. The molecule has 0 spiro atoms. The molecule has 0 atom stereocenters. The van der Waals surface area contributed by atoms with Crippen molar-refractivity contribution in [1.82, 2.24) is 15.5 Å². The molecule has 0 aromatic rings. The van der Waals surface area contributed by atoms with Gasteiger partial charge in [-0.25, -0.2) is 4.99 Å². The second-order valence-electron chi connectivity index (χ2n) is 6.48. The summed E-state index contributed by atoms with van der Waals surface area (Å²) in [4.78, 5) is 17.6. The summed E-state index contributed by atoms with van der Waals surface area (Å²) in [5.41, 5.74) is 0. The maximum atomic E-state index is 11.6. The van der Waals surface area contributed by atoms with Crippen LogP contribution in [-0.2, 0) is 4.79 Å². The standard InChI is InChI=1S/C16H32N4O/c1-6-17-16(18-11-15(21)20(4)5)19-14-9-7-13(8-10-14)12(2)3/h12-14H,6-11H2,1-5H3,(H2,17,18,19). The normalized spacial score (nSPS) is 23.0. The summed E-state index contributed by atoms with van der Waals surface area (Å²) in [7, 11) is 3.51. The molecule has 122 valence electrons. The average Bonchev–Trinajstić information content (AvgIpc) is 2.45. The molecule has 1 rings (SSSR count). The third-order valence-electron chi connectivity index (χ3n) is 4.27. The van der Waals surface area contributed by atoms with E-state index in [-0.39, 0.29) is 12.5 Å². The van der Waals surface area contributed by atoms with E-state index in [4.69, 9.17) is 0 Å². The van der Waals surface area contributed by atoms with Gasteiger partial charge in [-0.05, 0) is 44.4 Å². The van der Waals surface area contributed by atoms with E-state index < -0.39 is 0 Å². The Morgan fingerprint density at radius 2 is 1.86 bits per heavy atom. The highest BCUT2D eigenvalue weighted by atomic mass is 16.2. The van der Waals surface area contributed by atoms with Crippen molar-refractivity contribution in [2.45, 2.75) is 52.5 Å². The first kappa shape index (κ1) is 17.8. The number of guanidine groups is 1. The highest BCUT2D eigenvalue weighted by molar-refractivity contribution is 5.84. The molecule has 0 heterocycles. The van der Waals surface area contributed by atoms with E-state index in [9.17, 15) is 4.79 Å². The van der Waals surface area contributed by atoms with Crippen LogP contribution in [0.5, 0.6) is 0 Å². The van der Waals surface area contributed by atoms with Crippen molar-refractivity contribution in [3.8, 4) is 0 Å². The molecule has 1 fully saturated rings. The SMILES string of the molecule is CCNC(=NCC(=O)N(C)C)NC1CCC(C(C)C)CC1. The minimum atomic E-state index is 0.0238. The summed E-state index contributed by atoms with van der Waals surface area (Å²) >= 11 is 0. The molecule has 5 nitrogen and oxygen atoms in total. The summed E-state index contributed by atoms with van der Waals surface area (Å²) in [6.07, 6.45) is 4.94. The highest BCUT2D eigenvalue weighted by Crippen LogP contribution is 2.29. The molecule has 0 aromatic heterocycles. The molecule has 21 heavy (non-hydrogen) atoms. The summed E-state index contributed by atoms with van der Waals surface area (Å²) in [5, 5.41) is 6.71. The fraction of sp³-hybridized carbons (Fsp3) is 0.875. The smallest absolute Gasteiger partial charge is 0.243 e. The fourth-order valence-corrected chi connectivity index (χ4v) is 2.73. The van der Waals surface area contributed by atoms with E-state index in [2.05, 4.69) is 29.5 Å². The highest BCUT2D eigenvalue weighted by Gasteiger charge is 2.23. The predicted octanol–water partition coefficient (Wildman–Crippen LogP) is 1.84. The summed E-state index contributed by atoms with van der Waals surface area (Å²) in [6.45, 7) is 7.68. The lowest BCUT2D eigenvalue weighted by atomic mass is 9.80. The van der Waals surface area contributed by atoms with Crippen molar-refractivity contribution in [3.05, 3.63) is 0 Å². The molecule has 0 bridgehead atoms. The van der Waals surface area contributed by atoms with Crippen molar-refractivity contribution in [2.75, 3.05) is 27.2 Å². The first-order chi connectivity index (χ1) is 9.93. The van der Waals surface area contributed by atoms with E-state index in [1.165, 1.54) is 25.7 Å². The van der Waals surface area contributed by atoms with Crippen molar-refractivity contribution >= 4 is 11.9 Å². The predicted molar refractivity (Wildman–Crippen MR) is 88.4 cm³/mol. The molecule has 1 aliphatic rings. The number of hydrogen-bond acceptors (Lipinski definition) is 2. The van der Waals surface area contributed by atoms with Crippen LogP contribution < -0.4 is 10.6 Å². The van der Waals surface area contributed by atoms with E-state index in [0.29, 0.717) is 6.04 Å². The van der Waals surface area contributed by atoms with Gasteiger partial charge in [-0.3, -0.25) is 4.79 Å². The molecule has 5 heteroatoms. The third kappa shape index (κ3) is 6.36. The van der Waals surface area contributed by atoms with Gasteiger partial charge in [0.15, 0.2) is 5.96 Å². The van der Waals surface area contributed by atoms with Gasteiger partial charge >= 0.3 is 0 Å². The Bertz CT molecular complexity index is 344. The molecule has 0 radical (unpaired) electrons. The summed E-state index contributed by atoms with van der Waals surface area (Å²) < 4.78 is 0. The number of carbonyl (C=O) groups excluding carboxylic acids is 1. The van der Waals surface area contributed by atoms with E-state index in [0.717, 1.165) is 24.3 Å². The van der Waals surface area contributed by atoms with Crippen LogP contribution in [0.15, 0.2) is 4.99 Å². The lowest BCUT2D eigenvalue weighted by Crippen LogP contribution is -2.45. The number of amides is 1. The van der Waals surface area contributed by atoms with Gasteiger partial charge in [0, 0.05) is 26.7 Å².